The first-order valence-corrected chi connectivity index (χ1v) is 6.00. The summed E-state index contributed by atoms with van der Waals surface area (Å²) in [5.74, 6) is 0. The maximum atomic E-state index is 12.2. The molecule has 0 N–H and O–H groups in total. The lowest BCUT2D eigenvalue weighted by atomic mass is 10.3. The third-order valence-corrected chi connectivity index (χ3v) is 3.06. The number of aromatic nitrogens is 5. The van der Waals surface area contributed by atoms with E-state index in [1.807, 2.05) is 0 Å². The van der Waals surface area contributed by atoms with Crippen molar-refractivity contribution in [3.8, 4) is 0 Å². The fourth-order valence-corrected chi connectivity index (χ4v) is 1.97. The standard InChI is InChI=1S/C12H10ClN5O/c1-17-11-10(5-16-17)12(19)18(7-15-11)6-9-3-2-8(13)4-14-9/h2-5,7H,6H2,1H3. The second-order valence-electron chi connectivity index (χ2n) is 4.15. The van der Waals surface area contributed by atoms with E-state index in [2.05, 4.69) is 15.1 Å². The van der Waals surface area contributed by atoms with Crippen LogP contribution in [0.15, 0.2) is 35.6 Å². The molecule has 7 heteroatoms. The van der Waals surface area contributed by atoms with Crippen LogP contribution < -0.4 is 5.56 Å². The van der Waals surface area contributed by atoms with E-state index in [0.717, 1.165) is 5.69 Å². The zero-order valence-electron chi connectivity index (χ0n) is 10.1. The summed E-state index contributed by atoms with van der Waals surface area (Å²) >= 11 is 5.77. The molecule has 0 fully saturated rings. The minimum absolute atomic E-state index is 0.130. The predicted octanol–water partition coefficient (Wildman–Crippen LogP) is 1.23. The number of nitrogens with zero attached hydrogens (tertiary/aromatic N) is 5. The first-order chi connectivity index (χ1) is 9.15. The molecule has 3 aromatic heterocycles. The largest absolute Gasteiger partial charge is 0.292 e. The van der Waals surface area contributed by atoms with Gasteiger partial charge in [-0.05, 0) is 12.1 Å². The van der Waals surface area contributed by atoms with Crippen LogP contribution in [-0.4, -0.2) is 24.3 Å². The third kappa shape index (κ3) is 2.10. The van der Waals surface area contributed by atoms with E-state index < -0.39 is 0 Å². The molecule has 0 aromatic carbocycles. The summed E-state index contributed by atoms with van der Waals surface area (Å²) in [6, 6.07) is 3.52. The van der Waals surface area contributed by atoms with Gasteiger partial charge in [-0.2, -0.15) is 5.10 Å². The lowest BCUT2D eigenvalue weighted by Crippen LogP contribution is -2.21. The van der Waals surface area contributed by atoms with Gasteiger partial charge >= 0.3 is 0 Å². The van der Waals surface area contributed by atoms with Crippen molar-refractivity contribution >= 4 is 22.6 Å². The molecule has 3 rings (SSSR count). The number of aryl methyl sites for hydroxylation is 1. The van der Waals surface area contributed by atoms with E-state index in [0.29, 0.717) is 22.6 Å². The van der Waals surface area contributed by atoms with Crippen LogP contribution >= 0.6 is 11.6 Å². The summed E-state index contributed by atoms with van der Waals surface area (Å²) in [6.45, 7) is 0.355. The molecular formula is C12H10ClN5O. The molecule has 0 spiro atoms. The Morgan fingerprint density at radius 2 is 2.11 bits per heavy atom. The molecule has 6 nitrogen and oxygen atoms in total. The fraction of sp³-hybridized carbons (Fsp3) is 0.167. The van der Waals surface area contributed by atoms with Crippen molar-refractivity contribution < 1.29 is 0 Å². The first-order valence-electron chi connectivity index (χ1n) is 5.63. The minimum Gasteiger partial charge on any atom is -0.292 e. The minimum atomic E-state index is -0.130. The number of halogens is 1. The Bertz CT molecular complexity index is 790. The molecule has 0 unspecified atom stereocenters. The lowest BCUT2D eigenvalue weighted by Gasteiger charge is -2.04. The quantitative estimate of drug-likeness (QED) is 0.705. The molecule has 0 atom stereocenters. The maximum Gasteiger partial charge on any atom is 0.264 e. The zero-order chi connectivity index (χ0) is 13.4. The molecule has 19 heavy (non-hydrogen) atoms. The maximum absolute atomic E-state index is 12.2. The van der Waals surface area contributed by atoms with Gasteiger partial charge < -0.3 is 0 Å². The Morgan fingerprint density at radius 1 is 1.26 bits per heavy atom. The number of fused-ring (bicyclic) bond motifs is 1. The molecule has 0 amide bonds. The highest BCUT2D eigenvalue weighted by atomic mass is 35.5. The zero-order valence-corrected chi connectivity index (χ0v) is 10.9. The summed E-state index contributed by atoms with van der Waals surface area (Å²) in [5, 5.41) is 5.09. The van der Waals surface area contributed by atoms with Gasteiger partial charge in [-0.15, -0.1) is 0 Å². The highest BCUT2D eigenvalue weighted by molar-refractivity contribution is 6.30. The number of hydrogen-bond donors (Lipinski definition) is 0. The van der Waals surface area contributed by atoms with E-state index in [1.165, 1.54) is 17.1 Å². The van der Waals surface area contributed by atoms with Gasteiger partial charge in [-0.3, -0.25) is 19.0 Å². The normalized spacial score (nSPS) is 11.1. The summed E-state index contributed by atoms with van der Waals surface area (Å²) in [5.41, 5.74) is 1.19. The summed E-state index contributed by atoms with van der Waals surface area (Å²) < 4.78 is 3.07. The van der Waals surface area contributed by atoms with E-state index in [-0.39, 0.29) is 5.56 Å². The van der Waals surface area contributed by atoms with Gasteiger partial charge in [0.25, 0.3) is 5.56 Å². The van der Waals surface area contributed by atoms with Gasteiger partial charge in [-0.25, -0.2) is 4.98 Å². The molecule has 3 aromatic rings. The average Bonchev–Trinajstić information content (AvgIpc) is 2.78. The molecule has 0 saturated carbocycles. The van der Waals surface area contributed by atoms with Gasteiger partial charge in [0.15, 0.2) is 5.65 Å². The van der Waals surface area contributed by atoms with Crippen LogP contribution in [0.3, 0.4) is 0 Å². The van der Waals surface area contributed by atoms with Crippen molar-refractivity contribution in [2.24, 2.45) is 7.05 Å². The van der Waals surface area contributed by atoms with Crippen LogP contribution in [0.4, 0.5) is 0 Å². The van der Waals surface area contributed by atoms with Gasteiger partial charge in [0.2, 0.25) is 0 Å². The Labute approximate surface area is 113 Å². The van der Waals surface area contributed by atoms with Crippen LogP contribution in [0, 0.1) is 0 Å². The highest BCUT2D eigenvalue weighted by Gasteiger charge is 2.08. The molecule has 0 aliphatic carbocycles. The van der Waals surface area contributed by atoms with Crippen molar-refractivity contribution in [2.75, 3.05) is 0 Å². The van der Waals surface area contributed by atoms with Gasteiger partial charge in [0, 0.05) is 13.2 Å². The number of rotatable bonds is 2. The Hall–Kier alpha value is -2.21. The first kappa shape index (κ1) is 11.9. The topological polar surface area (TPSA) is 65.6 Å². The average molecular weight is 276 g/mol. The number of pyridine rings is 1. The van der Waals surface area contributed by atoms with E-state index in [9.17, 15) is 4.79 Å². The molecule has 96 valence electrons. The van der Waals surface area contributed by atoms with Crippen molar-refractivity contribution in [1.29, 1.82) is 0 Å². The second-order valence-corrected chi connectivity index (χ2v) is 4.59. The predicted molar refractivity (Wildman–Crippen MR) is 71.1 cm³/mol. The monoisotopic (exact) mass is 275 g/mol. The second kappa shape index (κ2) is 4.47. The van der Waals surface area contributed by atoms with Crippen LogP contribution in [0.2, 0.25) is 5.02 Å². The van der Waals surface area contributed by atoms with Gasteiger partial charge in [0.05, 0.1) is 23.5 Å². The molecule has 0 radical (unpaired) electrons. The third-order valence-electron chi connectivity index (χ3n) is 2.84. The molecular weight excluding hydrogens is 266 g/mol. The van der Waals surface area contributed by atoms with Crippen LogP contribution in [0.1, 0.15) is 5.69 Å². The molecule has 0 saturated heterocycles. The van der Waals surface area contributed by atoms with Crippen molar-refractivity contribution in [1.82, 2.24) is 24.3 Å². The van der Waals surface area contributed by atoms with Crippen molar-refractivity contribution in [2.45, 2.75) is 6.54 Å². The molecule has 0 aliphatic heterocycles. The van der Waals surface area contributed by atoms with Gasteiger partial charge in [0.1, 0.15) is 11.7 Å². The Balaban J connectivity index is 2.04. The molecule has 0 aliphatic rings. The van der Waals surface area contributed by atoms with Crippen LogP contribution in [-0.2, 0) is 13.6 Å². The Morgan fingerprint density at radius 3 is 2.84 bits per heavy atom. The van der Waals surface area contributed by atoms with Crippen LogP contribution in [0.25, 0.3) is 11.0 Å². The van der Waals surface area contributed by atoms with E-state index in [4.69, 9.17) is 11.6 Å². The SMILES string of the molecule is Cn1ncc2c(=O)n(Cc3ccc(Cl)cn3)cnc21. The fourth-order valence-electron chi connectivity index (χ4n) is 1.85. The van der Waals surface area contributed by atoms with Crippen molar-refractivity contribution in [3.05, 3.63) is 51.9 Å². The van der Waals surface area contributed by atoms with E-state index in [1.54, 1.807) is 30.1 Å². The van der Waals surface area contributed by atoms with Crippen LogP contribution in [0.5, 0.6) is 0 Å². The smallest absolute Gasteiger partial charge is 0.264 e. The summed E-state index contributed by atoms with van der Waals surface area (Å²) in [7, 11) is 1.75. The summed E-state index contributed by atoms with van der Waals surface area (Å²) in [4.78, 5) is 20.6. The molecule has 0 bridgehead atoms. The van der Waals surface area contributed by atoms with Crippen molar-refractivity contribution in [3.63, 3.8) is 0 Å². The Kier molecular flexibility index (Phi) is 2.79. The van der Waals surface area contributed by atoms with E-state index >= 15 is 0 Å². The number of hydrogen-bond acceptors (Lipinski definition) is 4. The molecule has 3 heterocycles. The van der Waals surface area contributed by atoms with Gasteiger partial charge in [-0.1, -0.05) is 11.6 Å². The summed E-state index contributed by atoms with van der Waals surface area (Å²) in [6.07, 6.45) is 4.58. The highest BCUT2D eigenvalue weighted by Crippen LogP contribution is 2.08. The lowest BCUT2D eigenvalue weighted by molar-refractivity contribution is 0.722.